The highest BCUT2D eigenvalue weighted by molar-refractivity contribution is 4.92. The summed E-state index contributed by atoms with van der Waals surface area (Å²) in [5.74, 6) is 0. The first-order chi connectivity index (χ1) is 5.00. The van der Waals surface area contributed by atoms with E-state index in [2.05, 4.69) is 17.5 Å². The predicted molar refractivity (Wildman–Crippen MR) is 42.1 cm³/mol. The predicted octanol–water partition coefficient (Wildman–Crippen LogP) is 0.943. The molecule has 0 bridgehead atoms. The van der Waals surface area contributed by atoms with Crippen LogP contribution in [-0.2, 0) is 4.74 Å². The summed E-state index contributed by atoms with van der Waals surface area (Å²) in [7, 11) is 0. The van der Waals surface area contributed by atoms with Crippen LogP contribution in [0.25, 0.3) is 0 Å². The summed E-state index contributed by atoms with van der Waals surface area (Å²) >= 11 is 0. The first-order valence-corrected chi connectivity index (χ1v) is 3.93. The molecule has 0 spiro atoms. The summed E-state index contributed by atoms with van der Waals surface area (Å²) in [6.45, 7) is 4.14. The fourth-order valence-electron chi connectivity index (χ4n) is 0.927. The lowest BCUT2D eigenvalue weighted by atomic mass is 10.4. The van der Waals surface area contributed by atoms with Crippen LogP contribution < -0.4 is 5.32 Å². The van der Waals surface area contributed by atoms with Gasteiger partial charge in [-0.2, -0.15) is 0 Å². The topological polar surface area (TPSA) is 21.3 Å². The van der Waals surface area contributed by atoms with E-state index in [1.165, 1.54) is 12.8 Å². The quantitative estimate of drug-likeness (QED) is 0.507. The fourth-order valence-corrected chi connectivity index (χ4v) is 0.927. The molecule has 0 aromatic carbocycles. The smallest absolute Gasteiger partial charge is 0.0466 e. The molecule has 10 heavy (non-hydrogen) atoms. The standard InChI is InChI=1S/C4H7N.C4H8O/c2*1-2-4-5-3-1/h1-2,5H,3-4H2;1-4H2. The summed E-state index contributed by atoms with van der Waals surface area (Å²) in [6.07, 6.45) is 6.81. The molecule has 0 saturated carbocycles. The Bertz CT molecular complexity index is 83.8. The van der Waals surface area contributed by atoms with Crippen molar-refractivity contribution < 1.29 is 4.74 Å². The molecule has 0 aliphatic carbocycles. The average molecular weight is 141 g/mol. The molecule has 1 fully saturated rings. The van der Waals surface area contributed by atoms with Gasteiger partial charge in [-0.3, -0.25) is 0 Å². The maximum Gasteiger partial charge on any atom is 0.0466 e. The number of nitrogens with one attached hydrogen (secondary N) is 1. The first kappa shape index (κ1) is 7.76. The van der Waals surface area contributed by atoms with Gasteiger partial charge in [0.2, 0.25) is 0 Å². The Labute approximate surface area is 62.3 Å². The normalized spacial score (nSPS) is 22.4. The van der Waals surface area contributed by atoms with Crippen molar-refractivity contribution in [2.24, 2.45) is 0 Å². The molecule has 0 unspecified atom stereocenters. The van der Waals surface area contributed by atoms with E-state index in [9.17, 15) is 0 Å². The van der Waals surface area contributed by atoms with E-state index in [0.717, 1.165) is 26.3 Å². The Kier molecular flexibility index (Phi) is 4.23. The minimum absolute atomic E-state index is 1.00. The highest BCUT2D eigenvalue weighted by Crippen LogP contribution is 1.98. The van der Waals surface area contributed by atoms with Crippen molar-refractivity contribution >= 4 is 0 Å². The van der Waals surface area contributed by atoms with Crippen LogP contribution in [0.3, 0.4) is 0 Å². The van der Waals surface area contributed by atoms with Gasteiger partial charge in [-0.1, -0.05) is 12.2 Å². The van der Waals surface area contributed by atoms with E-state index >= 15 is 0 Å². The van der Waals surface area contributed by atoms with Gasteiger partial charge in [-0.05, 0) is 12.8 Å². The molecule has 0 aromatic heterocycles. The van der Waals surface area contributed by atoms with Crippen LogP contribution in [0.4, 0.5) is 0 Å². The van der Waals surface area contributed by atoms with Gasteiger partial charge in [0.05, 0.1) is 0 Å². The van der Waals surface area contributed by atoms with Crippen molar-refractivity contribution in [1.82, 2.24) is 5.32 Å². The highest BCUT2D eigenvalue weighted by atomic mass is 16.5. The third-order valence-electron chi connectivity index (χ3n) is 1.52. The Morgan fingerprint density at radius 3 is 1.80 bits per heavy atom. The van der Waals surface area contributed by atoms with Crippen molar-refractivity contribution in [1.29, 1.82) is 0 Å². The minimum Gasteiger partial charge on any atom is -0.381 e. The molecule has 2 heteroatoms. The maximum atomic E-state index is 4.94. The van der Waals surface area contributed by atoms with Gasteiger partial charge in [0.1, 0.15) is 0 Å². The summed E-state index contributed by atoms with van der Waals surface area (Å²) in [6, 6.07) is 0. The second-order valence-corrected chi connectivity index (χ2v) is 2.45. The third kappa shape index (κ3) is 3.64. The van der Waals surface area contributed by atoms with Gasteiger partial charge in [-0.25, -0.2) is 0 Å². The Morgan fingerprint density at radius 2 is 1.60 bits per heavy atom. The molecule has 0 aromatic rings. The molecule has 2 rings (SSSR count). The van der Waals surface area contributed by atoms with Gasteiger partial charge >= 0.3 is 0 Å². The van der Waals surface area contributed by atoms with Crippen LogP contribution in [-0.4, -0.2) is 26.3 Å². The lowest BCUT2D eigenvalue weighted by Crippen LogP contribution is -2.04. The lowest BCUT2D eigenvalue weighted by Gasteiger charge is -1.77. The molecule has 0 radical (unpaired) electrons. The maximum absolute atomic E-state index is 4.94. The molecule has 2 heterocycles. The molecular weight excluding hydrogens is 126 g/mol. The van der Waals surface area contributed by atoms with Gasteiger partial charge in [0.25, 0.3) is 0 Å². The second kappa shape index (κ2) is 5.45. The van der Waals surface area contributed by atoms with E-state index in [-0.39, 0.29) is 0 Å². The van der Waals surface area contributed by atoms with Crippen LogP contribution in [0.5, 0.6) is 0 Å². The molecular formula is C8H15NO. The Morgan fingerprint density at radius 1 is 1.00 bits per heavy atom. The van der Waals surface area contributed by atoms with Crippen molar-refractivity contribution in [3.8, 4) is 0 Å². The summed E-state index contributed by atoms with van der Waals surface area (Å²) < 4.78 is 4.94. The SMILES string of the molecule is C1=CCNC1.C1CCOC1. The van der Waals surface area contributed by atoms with Gasteiger partial charge < -0.3 is 10.1 Å². The summed E-state index contributed by atoms with van der Waals surface area (Å²) in [5.41, 5.74) is 0. The van der Waals surface area contributed by atoms with E-state index in [0.29, 0.717) is 0 Å². The lowest BCUT2D eigenvalue weighted by molar-refractivity contribution is 0.198. The van der Waals surface area contributed by atoms with Crippen molar-refractivity contribution in [3.05, 3.63) is 12.2 Å². The average Bonchev–Trinajstić information content (AvgIpc) is 2.67. The van der Waals surface area contributed by atoms with Gasteiger partial charge in [0, 0.05) is 26.3 Å². The number of rotatable bonds is 0. The van der Waals surface area contributed by atoms with Gasteiger partial charge in [-0.15, -0.1) is 0 Å². The van der Waals surface area contributed by atoms with Crippen LogP contribution >= 0.6 is 0 Å². The van der Waals surface area contributed by atoms with Crippen LogP contribution in [0, 0.1) is 0 Å². The van der Waals surface area contributed by atoms with Crippen molar-refractivity contribution in [2.45, 2.75) is 12.8 Å². The summed E-state index contributed by atoms with van der Waals surface area (Å²) in [5, 5.41) is 3.11. The minimum atomic E-state index is 1.00. The molecule has 58 valence electrons. The zero-order valence-electron chi connectivity index (χ0n) is 6.31. The number of hydrogen-bond acceptors (Lipinski definition) is 2. The number of ether oxygens (including phenoxy) is 1. The highest BCUT2D eigenvalue weighted by Gasteiger charge is 1.94. The zero-order chi connectivity index (χ0) is 7.07. The number of hydrogen-bond donors (Lipinski definition) is 1. The molecule has 1 saturated heterocycles. The molecule has 2 nitrogen and oxygen atoms in total. The first-order valence-electron chi connectivity index (χ1n) is 3.93. The van der Waals surface area contributed by atoms with E-state index in [4.69, 9.17) is 4.74 Å². The van der Waals surface area contributed by atoms with Crippen LogP contribution in [0.1, 0.15) is 12.8 Å². The van der Waals surface area contributed by atoms with Gasteiger partial charge in [0.15, 0.2) is 0 Å². The molecule has 0 amide bonds. The Hall–Kier alpha value is -0.340. The fraction of sp³-hybridized carbons (Fsp3) is 0.750. The largest absolute Gasteiger partial charge is 0.381 e. The summed E-state index contributed by atoms with van der Waals surface area (Å²) in [4.78, 5) is 0. The molecule has 2 aliphatic heterocycles. The van der Waals surface area contributed by atoms with Crippen LogP contribution in [0.15, 0.2) is 12.2 Å². The molecule has 0 atom stereocenters. The van der Waals surface area contributed by atoms with Crippen molar-refractivity contribution in [2.75, 3.05) is 26.3 Å². The molecule has 2 aliphatic rings. The van der Waals surface area contributed by atoms with E-state index in [1.54, 1.807) is 0 Å². The van der Waals surface area contributed by atoms with E-state index < -0.39 is 0 Å². The monoisotopic (exact) mass is 141 g/mol. The zero-order valence-corrected chi connectivity index (χ0v) is 6.31. The third-order valence-corrected chi connectivity index (χ3v) is 1.52. The molecule has 1 N–H and O–H groups in total. The second-order valence-electron chi connectivity index (χ2n) is 2.45. The van der Waals surface area contributed by atoms with E-state index in [1.807, 2.05) is 0 Å². The Balaban J connectivity index is 0.0000001000. The van der Waals surface area contributed by atoms with Crippen molar-refractivity contribution in [3.63, 3.8) is 0 Å². The van der Waals surface area contributed by atoms with Crippen LogP contribution in [0.2, 0.25) is 0 Å².